The molecule has 0 fully saturated rings. The highest BCUT2D eigenvalue weighted by atomic mass is 16.6. The minimum atomic E-state index is -0.739. The Hall–Kier alpha value is -4.01. The van der Waals surface area contributed by atoms with E-state index in [-0.39, 0.29) is 29.2 Å². The van der Waals surface area contributed by atoms with Crippen molar-refractivity contribution >= 4 is 11.7 Å². The Kier molecular flexibility index (Phi) is 5.91. The van der Waals surface area contributed by atoms with Crippen molar-refractivity contribution in [3.05, 3.63) is 63.8 Å². The van der Waals surface area contributed by atoms with Crippen molar-refractivity contribution < 1.29 is 24.3 Å². The molecule has 30 heavy (non-hydrogen) atoms. The van der Waals surface area contributed by atoms with Crippen LogP contribution in [0.1, 0.15) is 23.0 Å². The van der Waals surface area contributed by atoms with Crippen LogP contribution in [0.3, 0.4) is 0 Å². The maximum atomic E-state index is 12.6. The molecular formula is C21H19N3O6. The molecule has 1 aromatic heterocycles. The zero-order valence-corrected chi connectivity index (χ0v) is 16.6. The van der Waals surface area contributed by atoms with Gasteiger partial charge in [-0.05, 0) is 19.9 Å². The van der Waals surface area contributed by atoms with Gasteiger partial charge in [0.15, 0.2) is 11.6 Å². The van der Waals surface area contributed by atoms with Gasteiger partial charge in [0, 0.05) is 17.2 Å². The second-order valence-corrected chi connectivity index (χ2v) is 6.25. The Balaban J connectivity index is 2.33. The van der Waals surface area contributed by atoms with Crippen LogP contribution >= 0.6 is 0 Å². The van der Waals surface area contributed by atoms with Gasteiger partial charge in [-0.2, -0.15) is 0 Å². The molecule has 3 aromatic rings. The molecule has 0 bridgehead atoms. The van der Waals surface area contributed by atoms with Crippen LogP contribution in [-0.2, 0) is 4.74 Å². The number of nitro groups is 1. The van der Waals surface area contributed by atoms with E-state index in [2.05, 4.69) is 9.97 Å². The number of nitro benzene ring substituents is 1. The number of benzene rings is 2. The second kappa shape index (κ2) is 8.56. The Labute approximate surface area is 172 Å². The summed E-state index contributed by atoms with van der Waals surface area (Å²) in [6.07, 6.45) is 0. The van der Waals surface area contributed by atoms with Crippen molar-refractivity contribution in [1.29, 1.82) is 0 Å². The summed E-state index contributed by atoms with van der Waals surface area (Å²) >= 11 is 0. The SMILES string of the molecule is CCOC(=O)c1c(C)nc(-c2ccccc2)nc1-c1cc(OC)c(O)c([N+](=O)[O-])c1. The van der Waals surface area contributed by atoms with Crippen LogP contribution in [0.2, 0.25) is 0 Å². The van der Waals surface area contributed by atoms with Crippen molar-refractivity contribution in [2.75, 3.05) is 13.7 Å². The number of phenols is 1. The summed E-state index contributed by atoms with van der Waals surface area (Å²) in [6.45, 7) is 3.44. The number of aryl methyl sites for hydroxylation is 1. The molecule has 0 saturated carbocycles. The number of aromatic nitrogens is 2. The predicted molar refractivity (Wildman–Crippen MR) is 108 cm³/mol. The van der Waals surface area contributed by atoms with Gasteiger partial charge in [-0.25, -0.2) is 14.8 Å². The molecule has 0 aliphatic carbocycles. The summed E-state index contributed by atoms with van der Waals surface area (Å²) in [5.74, 6) is -1.05. The van der Waals surface area contributed by atoms with Crippen molar-refractivity contribution in [3.8, 4) is 34.1 Å². The van der Waals surface area contributed by atoms with E-state index in [9.17, 15) is 20.0 Å². The lowest BCUT2D eigenvalue weighted by atomic mass is 10.0. The number of ether oxygens (including phenoxy) is 2. The minimum Gasteiger partial charge on any atom is -0.500 e. The van der Waals surface area contributed by atoms with Gasteiger partial charge < -0.3 is 14.6 Å². The molecule has 0 spiro atoms. The van der Waals surface area contributed by atoms with Gasteiger partial charge in [-0.1, -0.05) is 30.3 Å². The molecular weight excluding hydrogens is 390 g/mol. The number of hydrogen-bond acceptors (Lipinski definition) is 8. The zero-order valence-electron chi connectivity index (χ0n) is 16.6. The van der Waals surface area contributed by atoms with Crippen LogP contribution in [0.4, 0.5) is 5.69 Å². The van der Waals surface area contributed by atoms with E-state index in [1.54, 1.807) is 13.8 Å². The summed E-state index contributed by atoms with van der Waals surface area (Å²) in [6, 6.07) is 11.6. The van der Waals surface area contributed by atoms with Gasteiger partial charge in [0.2, 0.25) is 5.75 Å². The van der Waals surface area contributed by atoms with Crippen molar-refractivity contribution in [1.82, 2.24) is 9.97 Å². The van der Waals surface area contributed by atoms with Gasteiger partial charge >= 0.3 is 11.7 Å². The second-order valence-electron chi connectivity index (χ2n) is 6.25. The first-order chi connectivity index (χ1) is 14.4. The summed E-state index contributed by atoms with van der Waals surface area (Å²) in [4.78, 5) is 32.2. The largest absolute Gasteiger partial charge is 0.500 e. The molecule has 0 radical (unpaired) electrons. The van der Waals surface area contributed by atoms with E-state index in [4.69, 9.17) is 9.47 Å². The third kappa shape index (κ3) is 3.90. The molecule has 0 amide bonds. The maximum absolute atomic E-state index is 12.6. The third-order valence-electron chi connectivity index (χ3n) is 4.35. The minimum absolute atomic E-state index is 0.0820. The van der Waals surface area contributed by atoms with E-state index >= 15 is 0 Å². The lowest BCUT2D eigenvalue weighted by molar-refractivity contribution is -0.385. The van der Waals surface area contributed by atoms with E-state index in [0.29, 0.717) is 17.1 Å². The number of aromatic hydroxyl groups is 1. The molecule has 0 aliphatic heterocycles. The maximum Gasteiger partial charge on any atom is 0.342 e. The molecule has 1 heterocycles. The monoisotopic (exact) mass is 409 g/mol. The Morgan fingerprint density at radius 2 is 1.87 bits per heavy atom. The summed E-state index contributed by atoms with van der Waals surface area (Å²) in [5, 5.41) is 21.5. The standard InChI is InChI=1S/C21H19N3O6/c1-4-30-21(26)17-12(2)22-20(13-8-6-5-7-9-13)23-18(17)14-10-15(24(27)28)19(25)16(11-14)29-3/h5-11,25H,4H2,1-3H3. The molecule has 9 nitrogen and oxygen atoms in total. The number of carbonyl (C=O) groups excluding carboxylic acids is 1. The molecule has 1 N–H and O–H groups in total. The number of esters is 1. The van der Waals surface area contributed by atoms with Crippen LogP contribution in [-0.4, -0.2) is 39.7 Å². The predicted octanol–water partition coefficient (Wildman–Crippen LogP) is 3.92. The fraction of sp³-hybridized carbons (Fsp3) is 0.190. The summed E-state index contributed by atoms with van der Waals surface area (Å²) in [7, 11) is 1.27. The number of methoxy groups -OCH3 is 1. The molecule has 9 heteroatoms. The van der Waals surface area contributed by atoms with E-state index in [1.807, 2.05) is 30.3 Å². The first-order valence-electron chi connectivity index (χ1n) is 9.04. The Bertz CT molecular complexity index is 1120. The first-order valence-corrected chi connectivity index (χ1v) is 9.04. The number of nitrogens with zero attached hydrogens (tertiary/aromatic N) is 3. The van der Waals surface area contributed by atoms with E-state index in [1.165, 1.54) is 13.2 Å². The smallest absolute Gasteiger partial charge is 0.342 e. The zero-order chi connectivity index (χ0) is 21.8. The van der Waals surface area contributed by atoms with Gasteiger partial charge in [0.05, 0.1) is 30.0 Å². The van der Waals surface area contributed by atoms with Gasteiger partial charge in [-0.3, -0.25) is 10.1 Å². The number of hydrogen-bond donors (Lipinski definition) is 1. The third-order valence-corrected chi connectivity index (χ3v) is 4.35. The average molecular weight is 409 g/mol. The van der Waals surface area contributed by atoms with E-state index in [0.717, 1.165) is 6.07 Å². The molecule has 154 valence electrons. The quantitative estimate of drug-likeness (QED) is 0.369. The van der Waals surface area contributed by atoms with Crippen LogP contribution in [0, 0.1) is 17.0 Å². The lowest BCUT2D eigenvalue weighted by Gasteiger charge is -2.14. The molecule has 2 aromatic carbocycles. The van der Waals surface area contributed by atoms with Crippen molar-refractivity contribution in [2.24, 2.45) is 0 Å². The lowest BCUT2D eigenvalue weighted by Crippen LogP contribution is -2.12. The normalized spacial score (nSPS) is 10.5. The van der Waals surface area contributed by atoms with Gasteiger partial charge in [-0.15, -0.1) is 0 Å². The van der Waals surface area contributed by atoms with Crippen LogP contribution in [0.25, 0.3) is 22.6 Å². The highest BCUT2D eigenvalue weighted by molar-refractivity contribution is 5.98. The molecule has 0 saturated heterocycles. The Morgan fingerprint density at radius 1 is 1.17 bits per heavy atom. The molecule has 0 aliphatic rings. The van der Waals surface area contributed by atoms with Crippen LogP contribution < -0.4 is 4.74 Å². The molecule has 0 unspecified atom stereocenters. The Morgan fingerprint density at radius 3 is 2.47 bits per heavy atom. The molecule has 0 atom stereocenters. The summed E-state index contributed by atoms with van der Waals surface area (Å²) < 4.78 is 10.2. The highest BCUT2D eigenvalue weighted by Gasteiger charge is 2.26. The van der Waals surface area contributed by atoms with Gasteiger partial charge in [0.25, 0.3) is 0 Å². The van der Waals surface area contributed by atoms with Crippen molar-refractivity contribution in [3.63, 3.8) is 0 Å². The topological polar surface area (TPSA) is 125 Å². The van der Waals surface area contributed by atoms with Crippen molar-refractivity contribution in [2.45, 2.75) is 13.8 Å². The van der Waals surface area contributed by atoms with E-state index < -0.39 is 22.3 Å². The first kappa shape index (κ1) is 20.7. The fourth-order valence-corrected chi connectivity index (χ4v) is 2.97. The van der Waals surface area contributed by atoms with Gasteiger partial charge in [0.1, 0.15) is 5.56 Å². The fourth-order valence-electron chi connectivity index (χ4n) is 2.97. The number of rotatable bonds is 6. The van der Waals surface area contributed by atoms with Crippen LogP contribution in [0.5, 0.6) is 11.5 Å². The number of carbonyl (C=O) groups is 1. The summed E-state index contributed by atoms with van der Waals surface area (Å²) in [5.41, 5.74) is 0.919. The highest BCUT2D eigenvalue weighted by Crippen LogP contribution is 2.41. The van der Waals surface area contributed by atoms with Crippen LogP contribution in [0.15, 0.2) is 42.5 Å². The number of phenolic OH excluding ortho intramolecular Hbond substituents is 1. The average Bonchev–Trinajstić information content (AvgIpc) is 2.73. The molecule has 3 rings (SSSR count).